The van der Waals surface area contributed by atoms with Crippen molar-refractivity contribution >= 4 is 5.91 Å². The molecule has 0 spiro atoms. The van der Waals surface area contributed by atoms with E-state index in [9.17, 15) is 4.79 Å². The standard InChI is InChI=1S/C13H18N2O/c1-9(10-7-8-10)15-12(13(14)16)11-5-3-2-4-6-11/h2-6,9-10,12,15H,7-8H2,1H3,(H2,14,16)/t9-,12+/m1/s1. The number of carbonyl (C=O) groups is 1. The van der Waals surface area contributed by atoms with Gasteiger partial charge < -0.3 is 5.73 Å². The molecule has 2 rings (SSSR count). The van der Waals surface area contributed by atoms with Gasteiger partial charge in [-0.3, -0.25) is 10.1 Å². The van der Waals surface area contributed by atoms with E-state index in [2.05, 4.69) is 12.2 Å². The third-order valence-electron chi connectivity index (χ3n) is 3.18. The number of hydrogen-bond acceptors (Lipinski definition) is 2. The zero-order valence-corrected chi connectivity index (χ0v) is 9.52. The molecule has 0 unspecified atom stereocenters. The van der Waals surface area contributed by atoms with E-state index < -0.39 is 0 Å². The third kappa shape index (κ3) is 2.61. The summed E-state index contributed by atoms with van der Waals surface area (Å²) in [5.41, 5.74) is 6.38. The zero-order valence-electron chi connectivity index (χ0n) is 9.52. The summed E-state index contributed by atoms with van der Waals surface area (Å²) in [7, 11) is 0. The SMILES string of the molecule is C[C@@H](N[C@H](C(N)=O)c1ccccc1)C1CC1. The topological polar surface area (TPSA) is 55.1 Å². The molecule has 0 radical (unpaired) electrons. The van der Waals surface area contributed by atoms with E-state index in [1.807, 2.05) is 30.3 Å². The molecular formula is C13H18N2O. The van der Waals surface area contributed by atoms with Crippen LogP contribution in [0.3, 0.4) is 0 Å². The Hall–Kier alpha value is -1.35. The predicted octanol–water partition coefficient (Wildman–Crippen LogP) is 1.60. The van der Waals surface area contributed by atoms with Crippen LogP contribution in [-0.4, -0.2) is 11.9 Å². The first-order valence-electron chi connectivity index (χ1n) is 5.79. The highest BCUT2D eigenvalue weighted by atomic mass is 16.1. The molecule has 3 nitrogen and oxygen atoms in total. The average Bonchev–Trinajstić information content (AvgIpc) is 3.10. The molecule has 0 heterocycles. The fraction of sp³-hybridized carbons (Fsp3) is 0.462. The van der Waals surface area contributed by atoms with Crippen LogP contribution in [0.1, 0.15) is 31.4 Å². The monoisotopic (exact) mass is 218 g/mol. The summed E-state index contributed by atoms with van der Waals surface area (Å²) in [6.45, 7) is 2.12. The molecule has 1 saturated carbocycles. The number of benzene rings is 1. The Morgan fingerprint density at radius 2 is 2.00 bits per heavy atom. The molecular weight excluding hydrogens is 200 g/mol. The summed E-state index contributed by atoms with van der Waals surface area (Å²) in [5.74, 6) is 0.407. The minimum Gasteiger partial charge on any atom is -0.368 e. The van der Waals surface area contributed by atoms with E-state index in [4.69, 9.17) is 5.73 Å². The average molecular weight is 218 g/mol. The molecule has 3 heteroatoms. The molecule has 86 valence electrons. The van der Waals surface area contributed by atoms with Gasteiger partial charge in [0.1, 0.15) is 6.04 Å². The van der Waals surface area contributed by atoms with Crippen LogP contribution in [0.4, 0.5) is 0 Å². The Morgan fingerprint density at radius 1 is 1.38 bits per heavy atom. The number of rotatable bonds is 5. The van der Waals surface area contributed by atoms with Gasteiger partial charge in [0.2, 0.25) is 5.91 Å². The van der Waals surface area contributed by atoms with Crippen LogP contribution < -0.4 is 11.1 Å². The summed E-state index contributed by atoms with van der Waals surface area (Å²) in [5, 5.41) is 3.32. The third-order valence-corrected chi connectivity index (χ3v) is 3.18. The van der Waals surface area contributed by atoms with E-state index in [0.29, 0.717) is 12.0 Å². The molecule has 0 aromatic heterocycles. The van der Waals surface area contributed by atoms with E-state index in [0.717, 1.165) is 5.56 Å². The molecule has 0 aliphatic heterocycles. The Kier molecular flexibility index (Phi) is 3.25. The van der Waals surface area contributed by atoms with Crippen LogP contribution in [0, 0.1) is 5.92 Å². The maximum Gasteiger partial charge on any atom is 0.239 e. The van der Waals surface area contributed by atoms with Gasteiger partial charge in [0.25, 0.3) is 0 Å². The summed E-state index contributed by atoms with van der Waals surface area (Å²) < 4.78 is 0. The van der Waals surface area contributed by atoms with Crippen molar-refractivity contribution in [3.63, 3.8) is 0 Å². The summed E-state index contributed by atoms with van der Waals surface area (Å²) in [4.78, 5) is 11.4. The van der Waals surface area contributed by atoms with Gasteiger partial charge >= 0.3 is 0 Å². The number of carbonyl (C=O) groups excluding carboxylic acids is 1. The van der Waals surface area contributed by atoms with Gasteiger partial charge in [-0.1, -0.05) is 30.3 Å². The maximum absolute atomic E-state index is 11.4. The van der Waals surface area contributed by atoms with Gasteiger partial charge in [-0.15, -0.1) is 0 Å². The van der Waals surface area contributed by atoms with Gasteiger partial charge in [-0.2, -0.15) is 0 Å². The quantitative estimate of drug-likeness (QED) is 0.788. The molecule has 1 aliphatic rings. The lowest BCUT2D eigenvalue weighted by molar-refractivity contribution is -0.120. The molecule has 0 saturated heterocycles. The maximum atomic E-state index is 11.4. The first-order valence-corrected chi connectivity index (χ1v) is 5.79. The van der Waals surface area contributed by atoms with Gasteiger partial charge in [-0.25, -0.2) is 0 Å². The number of nitrogens with two attached hydrogens (primary N) is 1. The fourth-order valence-corrected chi connectivity index (χ4v) is 1.98. The van der Waals surface area contributed by atoms with Crippen molar-refractivity contribution in [2.24, 2.45) is 11.7 Å². The Bertz CT molecular complexity index is 359. The number of amides is 1. The molecule has 1 aliphatic carbocycles. The summed E-state index contributed by atoms with van der Waals surface area (Å²) in [6.07, 6.45) is 2.52. The first kappa shape index (κ1) is 11.1. The lowest BCUT2D eigenvalue weighted by atomic mass is 10.0. The molecule has 1 aromatic rings. The van der Waals surface area contributed by atoms with Crippen molar-refractivity contribution in [2.75, 3.05) is 0 Å². The van der Waals surface area contributed by atoms with E-state index >= 15 is 0 Å². The summed E-state index contributed by atoms with van der Waals surface area (Å²) in [6, 6.07) is 9.65. The molecule has 0 bridgehead atoms. The highest BCUT2D eigenvalue weighted by molar-refractivity contribution is 5.81. The second kappa shape index (κ2) is 4.66. The minimum atomic E-state index is -0.364. The highest BCUT2D eigenvalue weighted by Gasteiger charge is 2.30. The van der Waals surface area contributed by atoms with Crippen LogP contribution in [0.2, 0.25) is 0 Å². The van der Waals surface area contributed by atoms with E-state index in [1.54, 1.807) is 0 Å². The first-order chi connectivity index (χ1) is 7.68. The smallest absolute Gasteiger partial charge is 0.239 e. The van der Waals surface area contributed by atoms with Gasteiger partial charge in [0.15, 0.2) is 0 Å². The van der Waals surface area contributed by atoms with E-state index in [-0.39, 0.29) is 11.9 Å². The second-order valence-electron chi connectivity index (χ2n) is 4.54. The molecule has 2 atom stereocenters. The van der Waals surface area contributed by atoms with Crippen molar-refractivity contribution in [2.45, 2.75) is 31.8 Å². The van der Waals surface area contributed by atoms with Crippen molar-refractivity contribution in [1.29, 1.82) is 0 Å². The Balaban J connectivity index is 2.08. The Labute approximate surface area is 96.0 Å². The van der Waals surface area contributed by atoms with Crippen molar-refractivity contribution in [3.05, 3.63) is 35.9 Å². The Morgan fingerprint density at radius 3 is 2.50 bits per heavy atom. The number of primary amides is 1. The molecule has 1 fully saturated rings. The lowest BCUT2D eigenvalue weighted by Gasteiger charge is -2.21. The van der Waals surface area contributed by atoms with Crippen molar-refractivity contribution < 1.29 is 4.79 Å². The van der Waals surface area contributed by atoms with Crippen LogP contribution in [0.25, 0.3) is 0 Å². The number of nitrogens with one attached hydrogen (secondary N) is 1. The second-order valence-corrected chi connectivity index (χ2v) is 4.54. The van der Waals surface area contributed by atoms with Gasteiger partial charge in [0.05, 0.1) is 0 Å². The molecule has 1 aromatic carbocycles. The van der Waals surface area contributed by atoms with Crippen LogP contribution in [0.5, 0.6) is 0 Å². The highest BCUT2D eigenvalue weighted by Crippen LogP contribution is 2.33. The molecule has 16 heavy (non-hydrogen) atoms. The largest absolute Gasteiger partial charge is 0.368 e. The predicted molar refractivity (Wildman–Crippen MR) is 63.7 cm³/mol. The van der Waals surface area contributed by atoms with Crippen molar-refractivity contribution in [1.82, 2.24) is 5.32 Å². The normalized spacial score (nSPS) is 19.1. The van der Waals surface area contributed by atoms with Crippen LogP contribution in [0.15, 0.2) is 30.3 Å². The fourth-order valence-electron chi connectivity index (χ4n) is 1.98. The van der Waals surface area contributed by atoms with Crippen LogP contribution in [-0.2, 0) is 4.79 Å². The number of hydrogen-bond donors (Lipinski definition) is 2. The van der Waals surface area contributed by atoms with E-state index in [1.165, 1.54) is 12.8 Å². The lowest BCUT2D eigenvalue weighted by Crippen LogP contribution is -2.39. The van der Waals surface area contributed by atoms with Gasteiger partial charge in [-0.05, 0) is 31.2 Å². The molecule has 1 amide bonds. The minimum absolute atomic E-state index is 0.307. The van der Waals surface area contributed by atoms with Crippen LogP contribution >= 0.6 is 0 Å². The molecule has 3 N–H and O–H groups in total. The van der Waals surface area contributed by atoms with Crippen molar-refractivity contribution in [3.8, 4) is 0 Å². The van der Waals surface area contributed by atoms with Gasteiger partial charge in [0, 0.05) is 6.04 Å². The summed E-state index contributed by atoms with van der Waals surface area (Å²) >= 11 is 0. The zero-order chi connectivity index (χ0) is 11.5.